The molecule has 0 spiro atoms. The maximum absolute atomic E-state index is 12.0. The van der Waals surface area contributed by atoms with Crippen LogP contribution in [0.4, 0.5) is 4.79 Å². The number of carbonyl (C=O) groups is 2. The van der Waals surface area contributed by atoms with Crippen molar-refractivity contribution in [3.8, 4) is 5.75 Å². The molecule has 0 radical (unpaired) electrons. The third-order valence-corrected chi connectivity index (χ3v) is 3.45. The first kappa shape index (κ1) is 18.9. The molecule has 0 aromatic heterocycles. The fourth-order valence-corrected chi connectivity index (χ4v) is 2.27. The Bertz CT molecular complexity index is 596. The molecular weight excluding hydrogens is 290 g/mol. The highest BCUT2D eigenvalue weighted by atomic mass is 16.6. The van der Waals surface area contributed by atoms with Gasteiger partial charge in [-0.05, 0) is 23.8 Å². The zero-order valence-corrected chi connectivity index (χ0v) is 15.2. The fourth-order valence-electron chi connectivity index (χ4n) is 2.27. The van der Waals surface area contributed by atoms with Gasteiger partial charge in [-0.15, -0.1) is 0 Å². The normalized spacial score (nSPS) is 11.8. The summed E-state index contributed by atoms with van der Waals surface area (Å²) in [5.74, 6) is -0.0679. The number of imide groups is 1. The van der Waals surface area contributed by atoms with Gasteiger partial charge in [0.1, 0.15) is 5.75 Å². The van der Waals surface area contributed by atoms with Crippen LogP contribution in [0.5, 0.6) is 5.75 Å². The summed E-state index contributed by atoms with van der Waals surface area (Å²) in [5, 5.41) is 2.13. The third kappa shape index (κ3) is 4.95. The van der Waals surface area contributed by atoms with Crippen molar-refractivity contribution in [1.29, 1.82) is 0 Å². The van der Waals surface area contributed by atoms with E-state index in [2.05, 4.69) is 53.4 Å². The molecule has 0 aliphatic carbocycles. The Morgan fingerprint density at radius 2 is 1.48 bits per heavy atom. The van der Waals surface area contributed by atoms with Crippen molar-refractivity contribution in [3.05, 3.63) is 41.5 Å². The summed E-state index contributed by atoms with van der Waals surface area (Å²) in [6.45, 7) is 17.7. The van der Waals surface area contributed by atoms with Crippen molar-refractivity contribution in [2.45, 2.75) is 59.3 Å². The van der Waals surface area contributed by atoms with Crippen molar-refractivity contribution < 1.29 is 14.3 Å². The zero-order chi connectivity index (χ0) is 18.0. The van der Waals surface area contributed by atoms with E-state index in [1.54, 1.807) is 0 Å². The molecule has 0 heterocycles. The Balaban J connectivity index is 3.44. The van der Waals surface area contributed by atoms with E-state index in [9.17, 15) is 9.59 Å². The first-order valence-corrected chi connectivity index (χ1v) is 7.67. The number of amides is 2. The molecule has 0 aliphatic heterocycles. The topological polar surface area (TPSA) is 55.4 Å². The molecule has 4 nitrogen and oxygen atoms in total. The second kappa shape index (κ2) is 6.57. The number of hydrogen-bond acceptors (Lipinski definition) is 3. The van der Waals surface area contributed by atoms with Gasteiger partial charge in [0.05, 0.1) is 0 Å². The largest absolute Gasteiger partial charge is 0.419 e. The van der Waals surface area contributed by atoms with Crippen LogP contribution in [0.1, 0.15) is 58.2 Å². The Hall–Kier alpha value is -2.10. The third-order valence-electron chi connectivity index (χ3n) is 3.45. The van der Waals surface area contributed by atoms with Crippen LogP contribution in [0.3, 0.4) is 0 Å². The van der Waals surface area contributed by atoms with E-state index in [0.29, 0.717) is 5.75 Å². The predicted molar refractivity (Wildman–Crippen MR) is 92.9 cm³/mol. The molecule has 0 fully saturated rings. The first-order chi connectivity index (χ1) is 10.4. The molecule has 23 heavy (non-hydrogen) atoms. The molecular formula is C19H27NO3. The van der Waals surface area contributed by atoms with Crippen molar-refractivity contribution in [2.24, 2.45) is 0 Å². The van der Waals surface area contributed by atoms with Crippen molar-refractivity contribution in [1.82, 2.24) is 5.32 Å². The summed E-state index contributed by atoms with van der Waals surface area (Å²) in [6.07, 6.45) is 0.237. The first-order valence-electron chi connectivity index (χ1n) is 7.67. The Morgan fingerprint density at radius 1 is 1.04 bits per heavy atom. The lowest BCUT2D eigenvalue weighted by Crippen LogP contribution is -2.33. The highest BCUT2D eigenvalue weighted by Crippen LogP contribution is 2.40. The smallest absolute Gasteiger partial charge is 0.409 e. The minimum Gasteiger partial charge on any atom is -0.409 e. The highest BCUT2D eigenvalue weighted by Gasteiger charge is 2.29. The monoisotopic (exact) mass is 317 g/mol. The average molecular weight is 317 g/mol. The number of carbonyl (C=O) groups excluding carboxylic acids is 2. The number of aryl methyl sites for hydroxylation is 1. The Kier molecular flexibility index (Phi) is 5.41. The molecule has 1 aromatic rings. The van der Waals surface area contributed by atoms with E-state index in [-0.39, 0.29) is 10.8 Å². The van der Waals surface area contributed by atoms with Gasteiger partial charge in [0.2, 0.25) is 0 Å². The molecule has 0 atom stereocenters. The number of rotatable bonds is 2. The molecule has 0 bridgehead atoms. The minimum atomic E-state index is -0.797. The maximum atomic E-state index is 12.0. The molecule has 0 unspecified atom stereocenters. The summed E-state index contributed by atoms with van der Waals surface area (Å²) in [4.78, 5) is 23.3. The SMILES string of the molecule is C=CC(=O)NC(=O)Oc1c(C(C)(C)C)cc(C)cc1C(C)(C)C. The van der Waals surface area contributed by atoms with Gasteiger partial charge in [0.15, 0.2) is 0 Å². The van der Waals surface area contributed by atoms with Crippen LogP contribution < -0.4 is 10.1 Å². The number of benzene rings is 1. The van der Waals surface area contributed by atoms with E-state index in [4.69, 9.17) is 4.74 Å². The lowest BCUT2D eigenvalue weighted by Gasteiger charge is -2.29. The van der Waals surface area contributed by atoms with Crippen molar-refractivity contribution in [3.63, 3.8) is 0 Å². The molecule has 1 aromatic carbocycles. The quantitative estimate of drug-likeness (QED) is 0.823. The molecule has 2 amide bonds. The van der Waals surface area contributed by atoms with Gasteiger partial charge in [-0.1, -0.05) is 65.8 Å². The van der Waals surface area contributed by atoms with Crippen LogP contribution in [0.2, 0.25) is 0 Å². The lowest BCUT2D eigenvalue weighted by molar-refractivity contribution is -0.115. The number of hydrogen-bond donors (Lipinski definition) is 1. The molecule has 0 aliphatic rings. The van der Waals surface area contributed by atoms with Crippen LogP contribution in [0.25, 0.3) is 0 Å². The summed E-state index contributed by atoms with van der Waals surface area (Å²) in [6, 6.07) is 4.04. The molecule has 126 valence electrons. The standard InChI is InChI=1S/C19H27NO3/c1-9-15(21)20-17(22)23-16-13(18(3,4)5)10-12(2)11-14(16)19(6,7)8/h9-11H,1H2,2-8H3,(H,20,21,22). The van der Waals surface area contributed by atoms with Crippen molar-refractivity contribution >= 4 is 12.0 Å². The minimum absolute atomic E-state index is 0.204. The van der Waals surface area contributed by atoms with E-state index in [1.165, 1.54) is 0 Å². The lowest BCUT2D eigenvalue weighted by atomic mass is 9.78. The van der Waals surface area contributed by atoms with Gasteiger partial charge < -0.3 is 4.74 Å². The van der Waals surface area contributed by atoms with Crippen LogP contribution in [0.15, 0.2) is 24.8 Å². The maximum Gasteiger partial charge on any atom is 0.419 e. The number of nitrogens with one attached hydrogen (secondary N) is 1. The van der Waals surface area contributed by atoms with E-state index in [0.717, 1.165) is 22.8 Å². The summed E-state index contributed by atoms with van der Waals surface area (Å²) >= 11 is 0. The van der Waals surface area contributed by atoms with Gasteiger partial charge in [0, 0.05) is 11.1 Å². The fraction of sp³-hybridized carbons (Fsp3) is 0.474. The van der Waals surface area contributed by atoms with Gasteiger partial charge >= 0.3 is 6.09 Å². The summed E-state index contributed by atoms with van der Waals surface area (Å²) in [7, 11) is 0. The predicted octanol–water partition coefficient (Wildman–Crippen LogP) is 4.39. The van der Waals surface area contributed by atoms with Gasteiger partial charge in [-0.2, -0.15) is 0 Å². The average Bonchev–Trinajstić information content (AvgIpc) is 2.37. The molecule has 1 N–H and O–H groups in total. The van der Waals surface area contributed by atoms with Gasteiger partial charge in [0.25, 0.3) is 5.91 Å². The second-order valence-electron chi connectivity index (χ2n) is 7.77. The Labute approximate surface area is 138 Å². The van der Waals surface area contributed by atoms with Gasteiger partial charge in [-0.3, -0.25) is 10.1 Å². The summed E-state index contributed by atoms with van der Waals surface area (Å²) < 4.78 is 5.54. The van der Waals surface area contributed by atoms with E-state index in [1.807, 2.05) is 19.1 Å². The van der Waals surface area contributed by atoms with E-state index >= 15 is 0 Å². The second-order valence-corrected chi connectivity index (χ2v) is 7.77. The number of ether oxygens (including phenoxy) is 1. The molecule has 4 heteroatoms. The molecule has 0 saturated carbocycles. The van der Waals surface area contributed by atoms with Crippen LogP contribution in [0, 0.1) is 6.92 Å². The van der Waals surface area contributed by atoms with E-state index < -0.39 is 12.0 Å². The highest BCUT2D eigenvalue weighted by molar-refractivity contribution is 5.98. The molecule has 0 saturated heterocycles. The van der Waals surface area contributed by atoms with Crippen molar-refractivity contribution in [2.75, 3.05) is 0 Å². The summed E-state index contributed by atoms with van der Waals surface area (Å²) in [5.41, 5.74) is 2.57. The van der Waals surface area contributed by atoms with Crippen LogP contribution >= 0.6 is 0 Å². The van der Waals surface area contributed by atoms with Gasteiger partial charge in [-0.25, -0.2) is 4.79 Å². The Morgan fingerprint density at radius 3 is 1.83 bits per heavy atom. The molecule has 1 rings (SSSR count). The van der Waals surface area contributed by atoms with Crippen LogP contribution in [-0.2, 0) is 15.6 Å². The zero-order valence-electron chi connectivity index (χ0n) is 15.2. The van der Waals surface area contributed by atoms with Crippen LogP contribution in [-0.4, -0.2) is 12.0 Å².